The van der Waals surface area contributed by atoms with Crippen LogP contribution in [0.25, 0.3) is 0 Å². The zero-order valence-electron chi connectivity index (χ0n) is 13.6. The van der Waals surface area contributed by atoms with E-state index in [-0.39, 0.29) is 11.5 Å². The van der Waals surface area contributed by atoms with E-state index in [1.54, 1.807) is 0 Å². The smallest absolute Gasteiger partial charge is 0.340 e. The molecule has 0 unspecified atom stereocenters. The molecule has 0 saturated carbocycles. The van der Waals surface area contributed by atoms with E-state index in [1.165, 1.54) is 37.5 Å². The van der Waals surface area contributed by atoms with Gasteiger partial charge in [0.25, 0.3) is 5.91 Å². The van der Waals surface area contributed by atoms with Gasteiger partial charge in [0.05, 0.1) is 5.56 Å². The van der Waals surface area contributed by atoms with E-state index in [9.17, 15) is 14.0 Å². The highest BCUT2D eigenvalue weighted by Crippen LogP contribution is 2.20. The van der Waals surface area contributed by atoms with Gasteiger partial charge in [0, 0.05) is 11.0 Å². The SMILES string of the molecule is C[C@@H](OC(=O)c1cc(F)ccc1Br)C(=O)NCCC1=CCCCC1. The summed E-state index contributed by atoms with van der Waals surface area (Å²) in [5.41, 5.74) is 1.43. The molecule has 1 amide bonds. The van der Waals surface area contributed by atoms with Gasteiger partial charge in [-0.2, -0.15) is 0 Å². The Morgan fingerprint density at radius 2 is 2.17 bits per heavy atom. The highest BCUT2D eigenvalue weighted by molar-refractivity contribution is 9.10. The average molecular weight is 398 g/mol. The third-order valence-corrected chi connectivity index (χ3v) is 4.62. The van der Waals surface area contributed by atoms with Crippen LogP contribution in [0.15, 0.2) is 34.3 Å². The number of hydrogen-bond acceptors (Lipinski definition) is 3. The second kappa shape index (κ2) is 8.97. The highest BCUT2D eigenvalue weighted by atomic mass is 79.9. The van der Waals surface area contributed by atoms with Crippen molar-refractivity contribution in [2.45, 2.75) is 45.1 Å². The lowest BCUT2D eigenvalue weighted by Gasteiger charge is -2.16. The number of halogens is 2. The summed E-state index contributed by atoms with van der Waals surface area (Å²) in [4.78, 5) is 24.1. The van der Waals surface area contributed by atoms with Crippen LogP contribution in [0.1, 0.15) is 49.4 Å². The molecule has 0 radical (unpaired) electrons. The topological polar surface area (TPSA) is 55.4 Å². The standard InChI is InChI=1S/C18H21BrFNO3/c1-12(17(22)21-10-9-13-5-3-2-4-6-13)24-18(23)15-11-14(20)7-8-16(15)19/h5,7-8,11-12H,2-4,6,9-10H2,1H3,(H,21,22)/t12-/m1/s1. The van der Waals surface area contributed by atoms with Crippen LogP contribution < -0.4 is 5.32 Å². The molecule has 0 aromatic heterocycles. The summed E-state index contributed by atoms with van der Waals surface area (Å²) >= 11 is 3.17. The zero-order chi connectivity index (χ0) is 17.5. The molecule has 0 fully saturated rings. The van der Waals surface area contributed by atoms with Crippen molar-refractivity contribution in [3.63, 3.8) is 0 Å². The first-order valence-corrected chi connectivity index (χ1v) is 8.88. The first-order chi connectivity index (χ1) is 11.5. The summed E-state index contributed by atoms with van der Waals surface area (Å²) in [5, 5.41) is 2.77. The van der Waals surface area contributed by atoms with Gasteiger partial charge >= 0.3 is 5.97 Å². The molecule has 2 rings (SSSR count). The minimum Gasteiger partial charge on any atom is -0.449 e. The Morgan fingerprint density at radius 3 is 2.88 bits per heavy atom. The molecule has 1 atom stereocenters. The molecule has 0 spiro atoms. The lowest BCUT2D eigenvalue weighted by Crippen LogP contribution is -2.36. The Balaban J connectivity index is 1.81. The van der Waals surface area contributed by atoms with E-state index >= 15 is 0 Å². The monoisotopic (exact) mass is 397 g/mol. The third kappa shape index (κ3) is 5.44. The van der Waals surface area contributed by atoms with Crippen molar-refractivity contribution in [2.24, 2.45) is 0 Å². The van der Waals surface area contributed by atoms with Crippen molar-refractivity contribution in [3.8, 4) is 0 Å². The normalized spacial score (nSPS) is 15.4. The molecule has 1 aliphatic rings. The molecule has 130 valence electrons. The largest absolute Gasteiger partial charge is 0.449 e. The van der Waals surface area contributed by atoms with Gasteiger partial charge in [-0.25, -0.2) is 9.18 Å². The number of allylic oxidation sites excluding steroid dienone is 1. The number of hydrogen-bond donors (Lipinski definition) is 1. The van der Waals surface area contributed by atoms with Gasteiger partial charge < -0.3 is 10.1 Å². The summed E-state index contributed by atoms with van der Waals surface area (Å²) in [6, 6.07) is 3.73. The summed E-state index contributed by atoms with van der Waals surface area (Å²) in [6.07, 6.45) is 6.76. The fraction of sp³-hybridized carbons (Fsp3) is 0.444. The van der Waals surface area contributed by atoms with Crippen LogP contribution in [0.4, 0.5) is 4.39 Å². The van der Waals surface area contributed by atoms with Crippen molar-refractivity contribution in [1.29, 1.82) is 0 Å². The van der Waals surface area contributed by atoms with Crippen molar-refractivity contribution in [1.82, 2.24) is 5.32 Å². The quantitative estimate of drug-likeness (QED) is 0.579. The number of rotatable bonds is 6. The lowest BCUT2D eigenvalue weighted by atomic mass is 9.97. The van der Waals surface area contributed by atoms with Gasteiger partial charge in [0.1, 0.15) is 5.82 Å². The predicted octanol–water partition coefficient (Wildman–Crippen LogP) is 4.14. The maximum Gasteiger partial charge on any atom is 0.340 e. The molecule has 1 aromatic carbocycles. The Labute approximate surface area is 149 Å². The Bertz CT molecular complexity index is 645. The number of amides is 1. The van der Waals surface area contributed by atoms with E-state index in [1.807, 2.05) is 0 Å². The fourth-order valence-electron chi connectivity index (χ4n) is 2.55. The Kier molecular flexibility index (Phi) is 6.97. The summed E-state index contributed by atoms with van der Waals surface area (Å²) in [6.45, 7) is 2.02. The maximum absolute atomic E-state index is 13.2. The molecule has 1 aliphatic carbocycles. The van der Waals surface area contributed by atoms with E-state index in [4.69, 9.17) is 4.74 Å². The van der Waals surface area contributed by atoms with E-state index in [0.717, 1.165) is 25.3 Å². The summed E-state index contributed by atoms with van der Waals surface area (Å²) < 4.78 is 18.8. The van der Waals surface area contributed by atoms with Gasteiger partial charge in [-0.3, -0.25) is 4.79 Å². The van der Waals surface area contributed by atoms with Crippen molar-refractivity contribution in [2.75, 3.05) is 6.54 Å². The minimum absolute atomic E-state index is 0.0574. The third-order valence-electron chi connectivity index (χ3n) is 3.93. The first-order valence-electron chi connectivity index (χ1n) is 8.09. The van der Waals surface area contributed by atoms with Crippen molar-refractivity contribution < 1.29 is 18.7 Å². The fourth-order valence-corrected chi connectivity index (χ4v) is 2.96. The number of esters is 1. The molecule has 0 heterocycles. The Hall–Kier alpha value is -1.69. The van der Waals surface area contributed by atoms with Crippen LogP contribution in [-0.2, 0) is 9.53 Å². The number of benzene rings is 1. The highest BCUT2D eigenvalue weighted by Gasteiger charge is 2.20. The van der Waals surface area contributed by atoms with Crippen LogP contribution >= 0.6 is 15.9 Å². The molecule has 1 aromatic rings. The van der Waals surface area contributed by atoms with Gasteiger partial charge in [-0.05, 0) is 73.2 Å². The summed E-state index contributed by atoms with van der Waals surface area (Å²) in [5.74, 6) is -1.63. The molecular formula is C18H21BrFNO3. The lowest BCUT2D eigenvalue weighted by molar-refractivity contribution is -0.129. The number of carbonyl (C=O) groups is 2. The maximum atomic E-state index is 13.2. The molecule has 1 N–H and O–H groups in total. The van der Waals surface area contributed by atoms with Crippen LogP contribution in [0.2, 0.25) is 0 Å². The van der Waals surface area contributed by atoms with Crippen LogP contribution in [0.3, 0.4) is 0 Å². The number of nitrogens with one attached hydrogen (secondary N) is 1. The molecular weight excluding hydrogens is 377 g/mol. The van der Waals surface area contributed by atoms with Crippen LogP contribution in [0.5, 0.6) is 0 Å². The van der Waals surface area contributed by atoms with Gasteiger partial charge in [0.2, 0.25) is 0 Å². The van der Waals surface area contributed by atoms with E-state index in [2.05, 4.69) is 27.3 Å². The minimum atomic E-state index is -0.937. The van der Waals surface area contributed by atoms with Gasteiger partial charge in [-0.15, -0.1) is 0 Å². The second-order valence-corrected chi connectivity index (χ2v) is 6.68. The number of carbonyl (C=O) groups excluding carboxylic acids is 2. The molecule has 4 nitrogen and oxygen atoms in total. The van der Waals surface area contributed by atoms with Crippen molar-refractivity contribution in [3.05, 3.63) is 45.7 Å². The molecule has 6 heteroatoms. The van der Waals surface area contributed by atoms with Crippen molar-refractivity contribution >= 4 is 27.8 Å². The van der Waals surface area contributed by atoms with Crippen LogP contribution in [0, 0.1) is 5.82 Å². The zero-order valence-corrected chi connectivity index (χ0v) is 15.2. The first kappa shape index (κ1) is 18.6. The van der Waals surface area contributed by atoms with Gasteiger partial charge in [-0.1, -0.05) is 11.6 Å². The number of ether oxygens (including phenoxy) is 1. The molecule has 0 saturated heterocycles. The predicted molar refractivity (Wildman–Crippen MR) is 93.2 cm³/mol. The average Bonchev–Trinajstić information content (AvgIpc) is 2.57. The molecule has 0 aliphatic heterocycles. The summed E-state index contributed by atoms with van der Waals surface area (Å²) in [7, 11) is 0. The molecule has 0 bridgehead atoms. The molecule has 24 heavy (non-hydrogen) atoms. The second-order valence-electron chi connectivity index (χ2n) is 5.82. The van der Waals surface area contributed by atoms with E-state index < -0.39 is 17.9 Å². The van der Waals surface area contributed by atoms with Gasteiger partial charge in [0.15, 0.2) is 6.10 Å². The van der Waals surface area contributed by atoms with Crippen LogP contribution in [-0.4, -0.2) is 24.5 Å². The van der Waals surface area contributed by atoms with E-state index in [0.29, 0.717) is 11.0 Å². The Morgan fingerprint density at radius 1 is 1.38 bits per heavy atom.